The third kappa shape index (κ3) is 5.04. The molecule has 0 fully saturated rings. The fourth-order valence-corrected chi connectivity index (χ4v) is 2.49. The number of ether oxygens (including phenoxy) is 1. The van der Waals surface area contributed by atoms with Crippen molar-refractivity contribution in [3.05, 3.63) is 64.4 Å². The Morgan fingerprint density at radius 2 is 1.96 bits per heavy atom. The Balaban J connectivity index is 2.21. The van der Waals surface area contributed by atoms with Gasteiger partial charge in [0.1, 0.15) is 11.6 Å². The molecule has 2 aromatic rings. The average Bonchev–Trinajstić information content (AvgIpc) is 2.59. The summed E-state index contributed by atoms with van der Waals surface area (Å²) in [4.78, 5) is 12.6. The van der Waals surface area contributed by atoms with Crippen LogP contribution in [0.4, 0.5) is 4.39 Å². The van der Waals surface area contributed by atoms with Crippen LogP contribution in [0.5, 0.6) is 5.75 Å². The fourth-order valence-electron chi connectivity index (χ4n) is 2.05. The first-order valence-corrected chi connectivity index (χ1v) is 8.42. The Hall–Kier alpha value is -1.92. The van der Waals surface area contributed by atoms with Crippen LogP contribution in [-0.2, 0) is 4.79 Å². The minimum Gasteiger partial charge on any atom is -0.475 e. The number of carbonyl (C=O) groups excluding carboxylic acids is 1. The summed E-state index contributed by atoms with van der Waals surface area (Å²) in [6, 6.07) is 13.4. The van der Waals surface area contributed by atoms with E-state index in [1.54, 1.807) is 0 Å². The van der Waals surface area contributed by atoms with Gasteiger partial charge in [-0.05, 0) is 48.1 Å². The van der Waals surface area contributed by atoms with Gasteiger partial charge in [-0.2, -0.15) is 0 Å². The number of hydrogen-bond acceptors (Lipinski definition) is 3. The van der Waals surface area contributed by atoms with Crippen LogP contribution in [0.2, 0.25) is 0 Å². The van der Waals surface area contributed by atoms with Crippen LogP contribution in [0.3, 0.4) is 0 Å². The predicted molar refractivity (Wildman–Crippen MR) is 95.4 cm³/mol. The maximum Gasteiger partial charge on any atom is 0.265 e. The van der Waals surface area contributed by atoms with Crippen LogP contribution >= 0.6 is 15.9 Å². The van der Waals surface area contributed by atoms with Crippen LogP contribution in [0.15, 0.2) is 53.0 Å². The molecule has 6 heteroatoms. The van der Waals surface area contributed by atoms with Crippen molar-refractivity contribution in [3.8, 4) is 5.75 Å². The lowest BCUT2D eigenvalue weighted by atomic mass is 10.1. The molecule has 0 aliphatic carbocycles. The number of halogens is 2. The summed E-state index contributed by atoms with van der Waals surface area (Å²) in [6.07, 6.45) is -0.822. The third-order valence-electron chi connectivity index (χ3n) is 3.55. The topological polar surface area (TPSA) is 50.4 Å². The Morgan fingerprint density at radius 3 is 2.58 bits per heavy atom. The summed E-state index contributed by atoms with van der Waals surface area (Å²) < 4.78 is 19.6. The molecule has 24 heavy (non-hydrogen) atoms. The molecule has 2 N–H and O–H groups in total. The molecule has 0 bridgehead atoms. The van der Waals surface area contributed by atoms with Gasteiger partial charge in [0.25, 0.3) is 5.91 Å². The minimum absolute atomic E-state index is 0.142. The number of amides is 1. The fraction of sp³-hybridized carbons (Fsp3) is 0.278. The van der Waals surface area contributed by atoms with E-state index in [9.17, 15) is 9.18 Å². The monoisotopic (exact) mass is 394 g/mol. The van der Waals surface area contributed by atoms with Gasteiger partial charge in [0, 0.05) is 18.2 Å². The van der Waals surface area contributed by atoms with Crippen LogP contribution in [0.1, 0.15) is 18.6 Å². The van der Waals surface area contributed by atoms with Crippen molar-refractivity contribution in [2.75, 3.05) is 13.6 Å². The first kappa shape index (κ1) is 18.4. The summed E-state index contributed by atoms with van der Waals surface area (Å²) in [7, 11) is 1.83. The molecular formula is C18H20BrFN2O2. The Morgan fingerprint density at radius 1 is 1.25 bits per heavy atom. The van der Waals surface area contributed by atoms with Gasteiger partial charge in [0.05, 0.1) is 4.47 Å². The first-order valence-electron chi connectivity index (χ1n) is 7.63. The van der Waals surface area contributed by atoms with E-state index in [-0.39, 0.29) is 17.8 Å². The van der Waals surface area contributed by atoms with E-state index in [1.165, 1.54) is 18.2 Å². The van der Waals surface area contributed by atoms with Crippen LogP contribution < -0.4 is 15.4 Å². The van der Waals surface area contributed by atoms with Crippen LogP contribution in [-0.4, -0.2) is 25.5 Å². The summed E-state index contributed by atoms with van der Waals surface area (Å²) in [5, 5.41) is 5.93. The summed E-state index contributed by atoms with van der Waals surface area (Å²) in [5.41, 5.74) is 0.725. The number of hydrogen-bond donors (Lipinski definition) is 2. The minimum atomic E-state index is -0.822. The van der Waals surface area contributed by atoms with E-state index in [1.807, 2.05) is 44.3 Å². The van der Waals surface area contributed by atoms with Crippen LogP contribution in [0, 0.1) is 5.82 Å². The third-order valence-corrected chi connectivity index (χ3v) is 4.17. The quantitative estimate of drug-likeness (QED) is 0.756. The van der Waals surface area contributed by atoms with Crippen molar-refractivity contribution in [2.45, 2.75) is 19.1 Å². The summed E-state index contributed by atoms with van der Waals surface area (Å²) in [5.74, 6) is -0.223. The molecule has 0 saturated heterocycles. The lowest BCUT2D eigenvalue weighted by molar-refractivity contribution is -0.128. The largest absolute Gasteiger partial charge is 0.475 e. The molecule has 0 aliphatic heterocycles. The molecule has 0 aromatic heterocycles. The van der Waals surface area contributed by atoms with Gasteiger partial charge < -0.3 is 15.4 Å². The van der Waals surface area contributed by atoms with Crippen molar-refractivity contribution in [2.24, 2.45) is 0 Å². The van der Waals surface area contributed by atoms with Gasteiger partial charge >= 0.3 is 0 Å². The zero-order chi connectivity index (χ0) is 17.5. The Bertz CT molecular complexity index is 682. The zero-order valence-corrected chi connectivity index (χ0v) is 15.1. The molecular weight excluding hydrogens is 375 g/mol. The number of carbonyl (C=O) groups is 1. The normalized spacial score (nSPS) is 13.2. The lowest BCUT2D eigenvalue weighted by Gasteiger charge is -2.21. The number of benzene rings is 2. The second kappa shape index (κ2) is 8.80. The molecule has 2 rings (SSSR count). The van der Waals surface area contributed by atoms with Gasteiger partial charge in [0.2, 0.25) is 6.10 Å². The van der Waals surface area contributed by atoms with Crippen molar-refractivity contribution in [1.29, 1.82) is 0 Å². The molecule has 1 amide bonds. The second-order valence-corrected chi connectivity index (χ2v) is 6.27. The summed E-state index contributed by atoms with van der Waals surface area (Å²) in [6.45, 7) is 2.45. The highest BCUT2D eigenvalue weighted by Crippen LogP contribution is 2.30. The number of rotatable bonds is 7. The Labute approximate surface area is 149 Å². The molecule has 0 spiro atoms. The Kier molecular flexibility index (Phi) is 6.75. The van der Waals surface area contributed by atoms with E-state index in [0.717, 1.165) is 5.56 Å². The van der Waals surface area contributed by atoms with Gasteiger partial charge in [-0.25, -0.2) is 4.39 Å². The SMILES string of the molecule is CNC(C)CNC(=O)C(Oc1ccc(F)cc1Br)c1ccccc1. The van der Waals surface area contributed by atoms with Gasteiger partial charge in [-0.3, -0.25) is 4.79 Å². The maximum atomic E-state index is 13.2. The van der Waals surface area contributed by atoms with Gasteiger partial charge in [-0.1, -0.05) is 30.3 Å². The van der Waals surface area contributed by atoms with E-state index in [4.69, 9.17) is 4.74 Å². The van der Waals surface area contributed by atoms with Crippen molar-refractivity contribution in [1.82, 2.24) is 10.6 Å². The predicted octanol–water partition coefficient (Wildman–Crippen LogP) is 3.43. The molecule has 2 atom stereocenters. The lowest BCUT2D eigenvalue weighted by Crippen LogP contribution is -2.40. The molecule has 128 valence electrons. The average molecular weight is 395 g/mol. The zero-order valence-electron chi connectivity index (χ0n) is 13.6. The van der Waals surface area contributed by atoms with Crippen molar-refractivity contribution < 1.29 is 13.9 Å². The highest BCUT2D eigenvalue weighted by Gasteiger charge is 2.23. The number of nitrogens with one attached hydrogen (secondary N) is 2. The molecule has 0 saturated carbocycles. The van der Waals surface area contributed by atoms with Crippen molar-refractivity contribution >= 4 is 21.8 Å². The highest BCUT2D eigenvalue weighted by atomic mass is 79.9. The smallest absolute Gasteiger partial charge is 0.265 e. The van der Waals surface area contributed by atoms with Gasteiger partial charge in [-0.15, -0.1) is 0 Å². The van der Waals surface area contributed by atoms with Crippen LogP contribution in [0.25, 0.3) is 0 Å². The highest BCUT2D eigenvalue weighted by molar-refractivity contribution is 9.10. The van der Waals surface area contributed by atoms with Gasteiger partial charge in [0.15, 0.2) is 0 Å². The van der Waals surface area contributed by atoms with E-state index >= 15 is 0 Å². The second-order valence-electron chi connectivity index (χ2n) is 5.42. The van der Waals surface area contributed by atoms with E-state index in [0.29, 0.717) is 16.8 Å². The summed E-state index contributed by atoms with van der Waals surface area (Å²) >= 11 is 3.26. The molecule has 2 unspecified atom stereocenters. The molecule has 0 aliphatic rings. The number of likely N-dealkylation sites (N-methyl/N-ethyl adjacent to an activating group) is 1. The molecule has 0 heterocycles. The van der Waals surface area contributed by atoms with E-state index < -0.39 is 6.10 Å². The first-order chi connectivity index (χ1) is 11.5. The van der Waals surface area contributed by atoms with Crippen molar-refractivity contribution in [3.63, 3.8) is 0 Å². The molecule has 2 aromatic carbocycles. The standard InChI is InChI=1S/C18H20BrFN2O2/c1-12(21-2)11-22-18(23)17(13-6-4-3-5-7-13)24-16-9-8-14(20)10-15(16)19/h3-10,12,17,21H,11H2,1-2H3,(H,22,23). The maximum absolute atomic E-state index is 13.2. The molecule has 4 nitrogen and oxygen atoms in total. The van der Waals surface area contributed by atoms with E-state index in [2.05, 4.69) is 26.6 Å². The molecule has 0 radical (unpaired) electrons.